The van der Waals surface area contributed by atoms with Gasteiger partial charge in [0.2, 0.25) is 0 Å². The van der Waals surface area contributed by atoms with Gasteiger partial charge in [0.1, 0.15) is 0 Å². The van der Waals surface area contributed by atoms with Gasteiger partial charge in [-0.3, -0.25) is 0 Å². The molecule has 0 aromatic heterocycles. The summed E-state index contributed by atoms with van der Waals surface area (Å²) in [6.07, 6.45) is 7.99. The summed E-state index contributed by atoms with van der Waals surface area (Å²) in [7, 11) is 0. The van der Waals surface area contributed by atoms with Crippen molar-refractivity contribution in [2.75, 3.05) is 4.90 Å². The summed E-state index contributed by atoms with van der Waals surface area (Å²) in [5.41, 5.74) is 13.8. The molecule has 0 bridgehead atoms. The number of allylic oxidation sites excluding steroid dienone is 4. The second-order valence-electron chi connectivity index (χ2n) is 13.5. The van der Waals surface area contributed by atoms with Crippen molar-refractivity contribution < 1.29 is 0 Å². The molecule has 0 saturated carbocycles. The quantitative estimate of drug-likeness (QED) is 0.177. The van der Waals surface area contributed by atoms with Crippen molar-refractivity contribution in [2.24, 2.45) is 5.92 Å². The lowest BCUT2D eigenvalue weighted by atomic mass is 9.68. The molecule has 0 radical (unpaired) electrons. The first kappa shape index (κ1) is 29.2. The van der Waals surface area contributed by atoms with Crippen LogP contribution in [-0.2, 0) is 5.41 Å². The van der Waals surface area contributed by atoms with Crippen LogP contribution in [0.25, 0.3) is 38.6 Å². The molecule has 0 heterocycles. The van der Waals surface area contributed by atoms with E-state index in [0.717, 1.165) is 17.8 Å². The fourth-order valence-corrected chi connectivity index (χ4v) is 8.27. The van der Waals surface area contributed by atoms with Gasteiger partial charge in [-0.25, -0.2) is 0 Å². The Balaban J connectivity index is 1.24. The van der Waals surface area contributed by atoms with Gasteiger partial charge in [-0.1, -0.05) is 159 Å². The molecule has 2 unspecified atom stereocenters. The number of nitrogens with zero attached hydrogens (tertiary/aromatic N) is 1. The SMILES string of the molecule is CC1(c2ccccc2)c2cccc(N(c3ccc(-c4ccccc4)cc3)c3ccc4cc(-c5ccccc5)ccc4c3)c2C2=CC=CCC21. The summed E-state index contributed by atoms with van der Waals surface area (Å²) in [5, 5.41) is 2.46. The first-order valence-corrected chi connectivity index (χ1v) is 17.3. The van der Waals surface area contributed by atoms with Gasteiger partial charge in [0, 0.05) is 28.3 Å². The third kappa shape index (κ3) is 4.93. The maximum absolute atomic E-state index is 2.48. The number of hydrogen-bond acceptors (Lipinski definition) is 1. The first-order valence-electron chi connectivity index (χ1n) is 17.3. The van der Waals surface area contributed by atoms with Crippen molar-refractivity contribution in [3.05, 3.63) is 205 Å². The Kier molecular flexibility index (Phi) is 7.13. The van der Waals surface area contributed by atoms with Crippen LogP contribution in [0, 0.1) is 5.92 Å². The Morgan fingerprint density at radius 1 is 0.531 bits per heavy atom. The average molecular weight is 628 g/mol. The van der Waals surface area contributed by atoms with E-state index < -0.39 is 0 Å². The minimum atomic E-state index is -0.136. The van der Waals surface area contributed by atoms with Crippen molar-refractivity contribution in [3.63, 3.8) is 0 Å². The van der Waals surface area contributed by atoms with E-state index in [-0.39, 0.29) is 5.41 Å². The Bertz CT molecular complexity index is 2350. The van der Waals surface area contributed by atoms with Crippen LogP contribution in [0.2, 0.25) is 0 Å². The molecule has 234 valence electrons. The Labute approximate surface area is 289 Å². The fraction of sp³-hybridized carbons (Fsp3) is 0.0833. The zero-order chi connectivity index (χ0) is 32.8. The summed E-state index contributed by atoms with van der Waals surface area (Å²) in [6.45, 7) is 2.45. The summed E-state index contributed by atoms with van der Waals surface area (Å²) >= 11 is 0. The number of fused-ring (bicyclic) bond motifs is 4. The molecule has 2 aliphatic rings. The van der Waals surface area contributed by atoms with Gasteiger partial charge < -0.3 is 4.90 Å². The number of rotatable bonds is 6. The Morgan fingerprint density at radius 3 is 1.86 bits per heavy atom. The average Bonchev–Trinajstić information content (AvgIpc) is 3.45. The van der Waals surface area contributed by atoms with Gasteiger partial charge in [-0.05, 0) is 92.5 Å². The second kappa shape index (κ2) is 12.0. The molecule has 0 saturated heterocycles. The Hall–Kier alpha value is -5.92. The standard InChI is InChI=1S/C48H37N/c1-48(40-18-9-4-10-19-40)44-21-12-11-20-43(44)47-45(48)22-13-23-46(47)49(41-29-26-36(27-30-41)34-14-5-2-6-15-34)42-31-28-38-32-37(24-25-39(38)33-42)35-16-7-3-8-17-35/h2-20,22-33,44H,21H2,1H3. The van der Waals surface area contributed by atoms with Crippen LogP contribution in [-0.4, -0.2) is 0 Å². The van der Waals surface area contributed by atoms with Crippen LogP contribution >= 0.6 is 0 Å². The molecule has 2 aliphatic carbocycles. The van der Waals surface area contributed by atoms with Crippen molar-refractivity contribution in [1.82, 2.24) is 0 Å². The fourth-order valence-electron chi connectivity index (χ4n) is 8.27. The van der Waals surface area contributed by atoms with Crippen LogP contribution in [0.15, 0.2) is 188 Å². The molecule has 0 aliphatic heterocycles. The molecule has 0 fully saturated rings. The zero-order valence-corrected chi connectivity index (χ0v) is 27.6. The van der Waals surface area contributed by atoms with E-state index in [9.17, 15) is 0 Å². The highest BCUT2D eigenvalue weighted by atomic mass is 15.1. The van der Waals surface area contributed by atoms with Crippen molar-refractivity contribution in [1.29, 1.82) is 0 Å². The predicted octanol–water partition coefficient (Wildman–Crippen LogP) is 12.9. The van der Waals surface area contributed by atoms with E-state index >= 15 is 0 Å². The van der Waals surface area contributed by atoms with Crippen LogP contribution in [0.4, 0.5) is 17.1 Å². The summed E-state index contributed by atoms with van der Waals surface area (Å²) in [6, 6.07) is 62.2. The summed E-state index contributed by atoms with van der Waals surface area (Å²) in [5.74, 6) is 0.367. The van der Waals surface area contributed by atoms with Gasteiger partial charge in [0.25, 0.3) is 0 Å². The van der Waals surface area contributed by atoms with Crippen LogP contribution < -0.4 is 4.90 Å². The molecular weight excluding hydrogens is 591 g/mol. The third-order valence-corrected chi connectivity index (χ3v) is 10.8. The topological polar surface area (TPSA) is 3.24 Å². The zero-order valence-electron chi connectivity index (χ0n) is 27.6. The Morgan fingerprint density at radius 2 is 1.12 bits per heavy atom. The minimum absolute atomic E-state index is 0.136. The molecule has 7 aromatic carbocycles. The van der Waals surface area contributed by atoms with Gasteiger partial charge in [0.15, 0.2) is 0 Å². The predicted molar refractivity (Wildman–Crippen MR) is 208 cm³/mol. The monoisotopic (exact) mass is 627 g/mol. The maximum Gasteiger partial charge on any atom is 0.0540 e. The normalized spacial score (nSPS) is 17.7. The van der Waals surface area contributed by atoms with E-state index in [0.29, 0.717) is 5.92 Å². The molecule has 9 rings (SSSR count). The first-order chi connectivity index (χ1) is 24.2. The highest BCUT2D eigenvalue weighted by Gasteiger charge is 2.48. The van der Waals surface area contributed by atoms with Gasteiger partial charge in [0.05, 0.1) is 5.69 Å². The van der Waals surface area contributed by atoms with Gasteiger partial charge in [-0.15, -0.1) is 0 Å². The molecule has 7 aromatic rings. The molecular formula is C48H37N. The molecule has 49 heavy (non-hydrogen) atoms. The lowest BCUT2D eigenvalue weighted by Gasteiger charge is -2.34. The molecule has 2 atom stereocenters. The maximum atomic E-state index is 2.48. The highest BCUT2D eigenvalue weighted by molar-refractivity contribution is 5.96. The molecule has 0 N–H and O–H groups in total. The minimum Gasteiger partial charge on any atom is -0.310 e. The van der Waals surface area contributed by atoms with E-state index in [1.807, 2.05) is 0 Å². The van der Waals surface area contributed by atoms with E-state index in [1.165, 1.54) is 61.0 Å². The number of hydrogen-bond donors (Lipinski definition) is 0. The van der Waals surface area contributed by atoms with Crippen molar-refractivity contribution in [2.45, 2.75) is 18.8 Å². The van der Waals surface area contributed by atoms with Crippen molar-refractivity contribution >= 4 is 33.4 Å². The highest BCUT2D eigenvalue weighted by Crippen LogP contribution is 2.59. The molecule has 0 amide bonds. The molecule has 1 heteroatoms. The summed E-state index contributed by atoms with van der Waals surface area (Å²) < 4.78 is 0. The van der Waals surface area contributed by atoms with Crippen LogP contribution in [0.5, 0.6) is 0 Å². The molecule has 1 nitrogen and oxygen atoms in total. The molecule has 0 spiro atoms. The summed E-state index contributed by atoms with van der Waals surface area (Å²) in [4.78, 5) is 2.48. The number of benzene rings is 7. The lowest BCUT2D eigenvalue weighted by Crippen LogP contribution is -2.29. The lowest BCUT2D eigenvalue weighted by molar-refractivity contribution is 0.449. The van der Waals surface area contributed by atoms with Gasteiger partial charge in [-0.2, -0.15) is 0 Å². The third-order valence-electron chi connectivity index (χ3n) is 10.8. The van der Waals surface area contributed by atoms with E-state index in [4.69, 9.17) is 0 Å². The van der Waals surface area contributed by atoms with Crippen LogP contribution in [0.3, 0.4) is 0 Å². The van der Waals surface area contributed by atoms with E-state index in [2.05, 4.69) is 200 Å². The van der Waals surface area contributed by atoms with Crippen LogP contribution in [0.1, 0.15) is 30.0 Å². The second-order valence-corrected chi connectivity index (χ2v) is 13.5. The van der Waals surface area contributed by atoms with Gasteiger partial charge >= 0.3 is 0 Å². The number of anilines is 3. The largest absolute Gasteiger partial charge is 0.310 e. The van der Waals surface area contributed by atoms with Crippen molar-refractivity contribution in [3.8, 4) is 22.3 Å². The smallest absolute Gasteiger partial charge is 0.0540 e. The van der Waals surface area contributed by atoms with E-state index in [1.54, 1.807) is 0 Å².